The highest BCUT2D eigenvalue weighted by atomic mass is 15.0. The van der Waals surface area contributed by atoms with Crippen molar-refractivity contribution in [2.45, 2.75) is 0 Å². The lowest BCUT2D eigenvalue weighted by Gasteiger charge is -2.20. The molecule has 6 nitrogen and oxygen atoms in total. The molecule has 0 saturated carbocycles. The lowest BCUT2D eigenvalue weighted by molar-refractivity contribution is 1.15. The smallest absolute Gasteiger partial charge is 0.160 e. The van der Waals surface area contributed by atoms with Gasteiger partial charge in [0.2, 0.25) is 0 Å². The summed E-state index contributed by atoms with van der Waals surface area (Å²) in [5.41, 5.74) is 20.4. The van der Waals surface area contributed by atoms with Crippen molar-refractivity contribution in [1.82, 2.24) is 28.2 Å². The van der Waals surface area contributed by atoms with E-state index >= 15 is 0 Å². The van der Waals surface area contributed by atoms with E-state index in [1.54, 1.807) is 0 Å². The van der Waals surface area contributed by atoms with Gasteiger partial charge in [-0.05, 0) is 84.9 Å². The Balaban J connectivity index is 0.986. The maximum atomic E-state index is 5.43. The van der Waals surface area contributed by atoms with Gasteiger partial charge in [0.25, 0.3) is 0 Å². The topological polar surface area (TPSA) is 45.5 Å². The average Bonchev–Trinajstić information content (AvgIpc) is 2.67. The summed E-state index contributed by atoms with van der Waals surface area (Å²) in [5.74, 6) is 0.674. The average molecular weight is 1050 g/mol. The number of hydrogen-bond acceptors (Lipinski definition) is 2. The molecule has 0 atom stereocenters. The second kappa shape index (κ2) is 18.2. The molecule has 0 N–H and O–H groups in total. The third-order valence-corrected chi connectivity index (χ3v) is 16.8. The van der Waals surface area contributed by atoms with E-state index in [-0.39, 0.29) is 0 Å². The number of rotatable bonds is 8. The predicted molar refractivity (Wildman–Crippen MR) is 341 cm³/mol. The van der Waals surface area contributed by atoms with Crippen molar-refractivity contribution in [1.29, 1.82) is 0 Å². The highest BCUT2D eigenvalue weighted by molar-refractivity contribution is 6.28. The highest BCUT2D eigenvalue weighted by Crippen LogP contribution is 2.47. The molecule has 6 heteroatoms. The molecule has 0 aliphatic carbocycles. The lowest BCUT2D eigenvalue weighted by atomic mass is 9.96. The molecular formula is C76H48N6. The van der Waals surface area contributed by atoms with Crippen LogP contribution < -0.4 is 0 Å². The molecule has 0 spiro atoms. The van der Waals surface area contributed by atoms with Crippen LogP contribution in [-0.2, 0) is 0 Å². The second-order valence-corrected chi connectivity index (χ2v) is 21.2. The van der Waals surface area contributed by atoms with Crippen LogP contribution >= 0.6 is 0 Å². The minimum absolute atomic E-state index is 0.674. The van der Waals surface area contributed by atoms with Gasteiger partial charge in [-0.15, -0.1) is 0 Å². The van der Waals surface area contributed by atoms with Gasteiger partial charge in [0.1, 0.15) is 0 Å². The molecule has 17 aromatic rings. The largest absolute Gasteiger partial charge is 0.309 e. The van der Waals surface area contributed by atoms with Gasteiger partial charge in [0, 0.05) is 82.3 Å². The van der Waals surface area contributed by atoms with Gasteiger partial charge in [0.15, 0.2) is 5.82 Å². The molecule has 0 radical (unpaired) electrons. The Morgan fingerprint density at radius 1 is 0.232 bits per heavy atom. The SMILES string of the molecule is c1ccc(-c2cc(-c3ccc(-n4c5ccccc5c5c4ccc4c6ccccc6n(-c6ccccc6)c45)c(-c4ccccc4-n4c5ccccc5c5c4ccc4c6ccccc6n(-c6ccccc6)c45)c3)nc(-c3ccccc3)n2)cc1. The summed E-state index contributed by atoms with van der Waals surface area (Å²) < 4.78 is 9.93. The van der Waals surface area contributed by atoms with Crippen LogP contribution in [0.25, 0.3) is 155 Å². The van der Waals surface area contributed by atoms with Crippen LogP contribution in [0.3, 0.4) is 0 Å². The quantitative estimate of drug-likeness (QED) is 0.152. The Morgan fingerprint density at radius 3 is 1.16 bits per heavy atom. The fraction of sp³-hybridized carbons (Fsp3) is 0. The first-order valence-corrected chi connectivity index (χ1v) is 28.0. The van der Waals surface area contributed by atoms with E-state index in [2.05, 4.69) is 303 Å². The third kappa shape index (κ3) is 6.88. The Hall–Kier alpha value is -11.1. The zero-order valence-electron chi connectivity index (χ0n) is 44.4. The van der Waals surface area contributed by atoms with Crippen molar-refractivity contribution in [3.8, 4) is 67.8 Å². The molecule has 5 heterocycles. The van der Waals surface area contributed by atoms with E-state index in [0.29, 0.717) is 5.82 Å². The van der Waals surface area contributed by atoms with Crippen LogP contribution in [0.1, 0.15) is 0 Å². The normalized spacial score (nSPS) is 11.9. The molecule has 0 fully saturated rings. The number of para-hydroxylation sites is 7. The standard InChI is InChI=1S/C76H48N6/c1-5-23-49(24-6-1)62-48-63(78-76(77-62)50-25-7-2-8-26-50)51-41-44-69(82-68-40-22-17-35-60(68)73-71(82)46-43-58-55-32-14-19-37-65(55)80(75(58)73)53-29-11-4-12-30-53)61(47-51)56-33-15-20-38-66(56)81-67-39-21-16-34-59(67)72-70(81)45-42-57-54-31-13-18-36-64(54)79(74(57)72)52-27-9-3-10-28-52/h1-48H. The number of aromatic nitrogens is 6. The van der Waals surface area contributed by atoms with Gasteiger partial charge in [-0.3, -0.25) is 0 Å². The van der Waals surface area contributed by atoms with E-state index in [0.717, 1.165) is 84.0 Å². The first kappa shape index (κ1) is 45.9. The van der Waals surface area contributed by atoms with E-state index in [9.17, 15) is 0 Å². The summed E-state index contributed by atoms with van der Waals surface area (Å²) in [6.45, 7) is 0. The number of hydrogen-bond donors (Lipinski definition) is 0. The van der Waals surface area contributed by atoms with E-state index in [1.165, 1.54) is 65.2 Å². The van der Waals surface area contributed by atoms with Crippen molar-refractivity contribution < 1.29 is 0 Å². The summed E-state index contributed by atoms with van der Waals surface area (Å²) >= 11 is 0. The minimum Gasteiger partial charge on any atom is -0.309 e. The van der Waals surface area contributed by atoms with Gasteiger partial charge >= 0.3 is 0 Å². The Morgan fingerprint density at radius 2 is 0.634 bits per heavy atom. The third-order valence-electron chi connectivity index (χ3n) is 16.8. The lowest BCUT2D eigenvalue weighted by Crippen LogP contribution is -2.02. The van der Waals surface area contributed by atoms with Gasteiger partial charge in [-0.1, -0.05) is 206 Å². The van der Waals surface area contributed by atoms with Gasteiger partial charge in [-0.25, -0.2) is 9.97 Å². The predicted octanol–water partition coefficient (Wildman–Crippen LogP) is 19.5. The fourth-order valence-corrected chi connectivity index (χ4v) is 13.3. The Labute approximate surface area is 471 Å². The number of nitrogens with zero attached hydrogens (tertiary/aromatic N) is 6. The van der Waals surface area contributed by atoms with E-state index in [1.807, 2.05) is 6.07 Å². The summed E-state index contributed by atoms with van der Waals surface area (Å²) in [5, 5.41) is 9.67. The van der Waals surface area contributed by atoms with Crippen LogP contribution in [0.2, 0.25) is 0 Å². The zero-order chi connectivity index (χ0) is 53.8. The molecule has 0 bridgehead atoms. The molecular weight excluding hydrogens is 997 g/mol. The number of benzene rings is 12. The highest BCUT2D eigenvalue weighted by Gasteiger charge is 2.26. The molecule has 5 aromatic heterocycles. The molecule has 12 aromatic carbocycles. The molecule has 0 amide bonds. The maximum Gasteiger partial charge on any atom is 0.160 e. The molecule has 82 heavy (non-hydrogen) atoms. The molecule has 382 valence electrons. The fourth-order valence-electron chi connectivity index (χ4n) is 13.3. The minimum atomic E-state index is 0.674. The summed E-state index contributed by atoms with van der Waals surface area (Å²) in [7, 11) is 0. The molecule has 0 unspecified atom stereocenters. The van der Waals surface area contributed by atoms with Crippen LogP contribution in [0.15, 0.2) is 291 Å². The Bertz CT molecular complexity index is 5320. The monoisotopic (exact) mass is 1040 g/mol. The first-order valence-electron chi connectivity index (χ1n) is 28.0. The van der Waals surface area contributed by atoms with E-state index in [4.69, 9.17) is 9.97 Å². The van der Waals surface area contributed by atoms with Crippen molar-refractivity contribution in [3.05, 3.63) is 291 Å². The van der Waals surface area contributed by atoms with Crippen molar-refractivity contribution in [2.75, 3.05) is 0 Å². The van der Waals surface area contributed by atoms with Crippen molar-refractivity contribution in [2.24, 2.45) is 0 Å². The zero-order valence-corrected chi connectivity index (χ0v) is 44.4. The second-order valence-electron chi connectivity index (χ2n) is 21.2. The van der Waals surface area contributed by atoms with Gasteiger partial charge < -0.3 is 18.3 Å². The van der Waals surface area contributed by atoms with E-state index < -0.39 is 0 Å². The van der Waals surface area contributed by atoms with Crippen LogP contribution in [-0.4, -0.2) is 28.2 Å². The molecule has 0 aliphatic rings. The van der Waals surface area contributed by atoms with Crippen LogP contribution in [0.4, 0.5) is 0 Å². The van der Waals surface area contributed by atoms with Crippen molar-refractivity contribution in [3.63, 3.8) is 0 Å². The summed E-state index contributed by atoms with van der Waals surface area (Å²) in [4.78, 5) is 10.6. The van der Waals surface area contributed by atoms with Gasteiger partial charge in [-0.2, -0.15) is 0 Å². The Kier molecular flexibility index (Phi) is 10.2. The van der Waals surface area contributed by atoms with Crippen molar-refractivity contribution >= 4 is 87.2 Å². The molecule has 0 aliphatic heterocycles. The number of fused-ring (bicyclic) bond motifs is 14. The van der Waals surface area contributed by atoms with Crippen LogP contribution in [0.5, 0.6) is 0 Å². The first-order chi connectivity index (χ1) is 40.7. The molecule has 17 rings (SSSR count). The summed E-state index contributed by atoms with van der Waals surface area (Å²) in [6.07, 6.45) is 0. The maximum absolute atomic E-state index is 5.43. The molecule has 0 saturated heterocycles. The van der Waals surface area contributed by atoms with Crippen LogP contribution in [0, 0.1) is 0 Å². The summed E-state index contributed by atoms with van der Waals surface area (Å²) in [6, 6.07) is 105. The van der Waals surface area contributed by atoms with Gasteiger partial charge in [0.05, 0.1) is 66.9 Å².